The smallest absolute Gasteiger partial charge is 0.243 e. The minimum absolute atomic E-state index is 0.0239. The Labute approximate surface area is 117 Å². The van der Waals surface area contributed by atoms with Gasteiger partial charge in [-0.3, -0.25) is 4.79 Å². The zero-order chi connectivity index (χ0) is 13.8. The van der Waals surface area contributed by atoms with Crippen LogP contribution in [0.1, 0.15) is 6.92 Å². The summed E-state index contributed by atoms with van der Waals surface area (Å²) in [4.78, 5) is 11.8. The molecule has 0 saturated carbocycles. The minimum Gasteiger partial charge on any atom is -0.486 e. The number of likely N-dealkylation sites (N-methyl/N-ethyl adjacent to an activating group) is 1. The van der Waals surface area contributed by atoms with Gasteiger partial charge in [0.2, 0.25) is 5.91 Å². The highest BCUT2D eigenvalue weighted by Crippen LogP contribution is 2.36. The van der Waals surface area contributed by atoms with E-state index in [-0.39, 0.29) is 11.9 Å². The molecule has 0 radical (unpaired) electrons. The highest BCUT2D eigenvalue weighted by atomic mass is 32.2. The normalized spacial score (nSPS) is 14.7. The maximum atomic E-state index is 11.8. The second kappa shape index (κ2) is 6.06. The van der Waals surface area contributed by atoms with E-state index in [1.54, 1.807) is 7.05 Å². The van der Waals surface area contributed by atoms with Gasteiger partial charge in [0.1, 0.15) is 19.3 Å². The van der Waals surface area contributed by atoms with Gasteiger partial charge in [0, 0.05) is 19.4 Å². The Hall–Kier alpha value is -1.56. The summed E-state index contributed by atoms with van der Waals surface area (Å²) in [5.41, 5.74) is 0.924. The van der Waals surface area contributed by atoms with Gasteiger partial charge in [0.05, 0.1) is 5.69 Å². The lowest BCUT2D eigenvalue weighted by Gasteiger charge is -2.28. The Morgan fingerprint density at radius 1 is 1.37 bits per heavy atom. The summed E-state index contributed by atoms with van der Waals surface area (Å²) in [7, 11) is 1.64. The summed E-state index contributed by atoms with van der Waals surface area (Å²) < 4.78 is 13.0. The summed E-state index contributed by atoms with van der Waals surface area (Å²) in [6.07, 6.45) is 1.94. The first-order valence-electron chi connectivity index (χ1n) is 6.12. The van der Waals surface area contributed by atoms with Crippen molar-refractivity contribution < 1.29 is 14.3 Å². The van der Waals surface area contributed by atoms with E-state index in [1.165, 1.54) is 11.9 Å². The Balaban J connectivity index is 2.25. The molecule has 2 rings (SSSR count). The number of carbonyl (C=O) groups is 1. The lowest BCUT2D eigenvalue weighted by atomic mass is 10.2. The number of nitrogens with one attached hydrogen (secondary N) is 1. The van der Waals surface area contributed by atoms with Crippen LogP contribution in [0.3, 0.4) is 0 Å². The van der Waals surface area contributed by atoms with Crippen LogP contribution in [-0.2, 0) is 4.79 Å². The summed E-state index contributed by atoms with van der Waals surface area (Å²) in [5.74, 6) is 1.46. The maximum Gasteiger partial charge on any atom is 0.243 e. The highest BCUT2D eigenvalue weighted by molar-refractivity contribution is 8.00. The Morgan fingerprint density at radius 2 is 2.05 bits per heavy atom. The predicted octanol–water partition coefficient (Wildman–Crippen LogP) is 1.68. The fourth-order valence-electron chi connectivity index (χ4n) is 1.97. The lowest BCUT2D eigenvalue weighted by Crippen LogP contribution is -2.40. The maximum absolute atomic E-state index is 11.8. The van der Waals surface area contributed by atoms with E-state index < -0.39 is 0 Å². The van der Waals surface area contributed by atoms with Crippen LogP contribution in [-0.4, -0.2) is 38.5 Å². The number of hydrogen-bond donors (Lipinski definition) is 1. The van der Waals surface area contributed by atoms with Crippen molar-refractivity contribution >= 4 is 23.5 Å². The third kappa shape index (κ3) is 2.89. The zero-order valence-corrected chi connectivity index (χ0v) is 12.1. The molecule has 1 amide bonds. The van der Waals surface area contributed by atoms with Crippen molar-refractivity contribution in [3.63, 3.8) is 0 Å². The van der Waals surface area contributed by atoms with Crippen LogP contribution in [0.15, 0.2) is 18.2 Å². The van der Waals surface area contributed by atoms with Crippen molar-refractivity contribution in [3.8, 4) is 11.5 Å². The molecule has 1 heterocycles. The van der Waals surface area contributed by atoms with Crippen LogP contribution in [0.5, 0.6) is 11.5 Å². The monoisotopic (exact) mass is 282 g/mol. The number of benzene rings is 1. The van der Waals surface area contributed by atoms with E-state index >= 15 is 0 Å². The summed E-state index contributed by atoms with van der Waals surface area (Å²) in [6, 6.07) is 5.46. The molecular weight excluding hydrogens is 264 g/mol. The molecule has 1 aliphatic heterocycles. The number of fused-ring (bicyclic) bond motifs is 1. The van der Waals surface area contributed by atoms with Crippen LogP contribution in [0.4, 0.5) is 5.69 Å². The molecule has 6 heteroatoms. The first-order valence-corrected chi connectivity index (χ1v) is 7.30. The fourth-order valence-corrected chi connectivity index (χ4v) is 2.71. The second-order valence-electron chi connectivity index (χ2n) is 4.13. The number of nitrogens with zero attached hydrogens (tertiary/aromatic N) is 1. The van der Waals surface area contributed by atoms with Crippen LogP contribution in [0.2, 0.25) is 0 Å². The molecule has 1 atom stereocenters. The van der Waals surface area contributed by atoms with Gasteiger partial charge in [0.25, 0.3) is 0 Å². The molecule has 0 aliphatic carbocycles. The van der Waals surface area contributed by atoms with Crippen molar-refractivity contribution in [2.24, 2.45) is 0 Å². The minimum atomic E-state index is -0.262. The number of hydrogen-bond acceptors (Lipinski definition) is 5. The molecule has 0 spiro atoms. The van der Waals surface area contributed by atoms with Gasteiger partial charge in [0.15, 0.2) is 11.5 Å². The zero-order valence-electron chi connectivity index (χ0n) is 11.3. The summed E-state index contributed by atoms with van der Waals surface area (Å²) in [6.45, 7) is 3.00. The molecule has 0 aromatic heterocycles. The van der Waals surface area contributed by atoms with Gasteiger partial charge in [-0.25, -0.2) is 0 Å². The van der Waals surface area contributed by atoms with E-state index in [0.29, 0.717) is 13.2 Å². The van der Waals surface area contributed by atoms with Crippen LogP contribution >= 0.6 is 11.9 Å². The van der Waals surface area contributed by atoms with E-state index in [1.807, 2.05) is 35.7 Å². The van der Waals surface area contributed by atoms with E-state index in [9.17, 15) is 4.79 Å². The SMILES string of the molecule is CNC(=O)C(C)N(SC)c1ccc2c(c1)OCCO2. The van der Waals surface area contributed by atoms with E-state index in [4.69, 9.17) is 9.47 Å². The van der Waals surface area contributed by atoms with Crippen LogP contribution in [0, 0.1) is 0 Å². The topological polar surface area (TPSA) is 50.8 Å². The standard InChI is InChI=1S/C13H18N2O3S/c1-9(13(16)14-2)15(19-3)10-4-5-11-12(8-10)18-7-6-17-11/h4-5,8-9H,6-7H2,1-3H3,(H,14,16). The van der Waals surface area contributed by atoms with E-state index in [0.717, 1.165) is 17.2 Å². The number of amides is 1. The summed E-state index contributed by atoms with van der Waals surface area (Å²) in [5, 5.41) is 2.66. The van der Waals surface area contributed by atoms with Crippen molar-refractivity contribution in [2.45, 2.75) is 13.0 Å². The molecule has 104 valence electrons. The molecule has 1 aliphatic rings. The van der Waals surface area contributed by atoms with Crippen molar-refractivity contribution in [3.05, 3.63) is 18.2 Å². The fraction of sp³-hybridized carbons (Fsp3) is 0.462. The molecular formula is C13H18N2O3S. The number of ether oxygens (including phenoxy) is 2. The highest BCUT2D eigenvalue weighted by Gasteiger charge is 2.22. The molecule has 19 heavy (non-hydrogen) atoms. The average Bonchev–Trinajstić information content (AvgIpc) is 2.46. The molecule has 1 aromatic carbocycles. The van der Waals surface area contributed by atoms with Gasteiger partial charge >= 0.3 is 0 Å². The largest absolute Gasteiger partial charge is 0.486 e. The van der Waals surface area contributed by atoms with Crippen molar-refractivity contribution in [2.75, 3.05) is 30.8 Å². The molecule has 1 unspecified atom stereocenters. The summed E-state index contributed by atoms with van der Waals surface area (Å²) >= 11 is 1.50. The quantitative estimate of drug-likeness (QED) is 0.852. The van der Waals surface area contributed by atoms with Gasteiger partial charge in [-0.1, -0.05) is 11.9 Å². The molecule has 0 bridgehead atoms. The second-order valence-corrected chi connectivity index (χ2v) is 4.89. The number of rotatable bonds is 4. The Morgan fingerprint density at radius 3 is 2.68 bits per heavy atom. The first-order chi connectivity index (χ1) is 9.17. The molecule has 0 fully saturated rings. The third-order valence-electron chi connectivity index (χ3n) is 2.95. The number of anilines is 1. The Bertz CT molecular complexity index is 467. The van der Waals surface area contributed by atoms with Gasteiger partial charge in [-0.15, -0.1) is 0 Å². The van der Waals surface area contributed by atoms with Crippen molar-refractivity contribution in [1.29, 1.82) is 0 Å². The van der Waals surface area contributed by atoms with Gasteiger partial charge < -0.3 is 19.1 Å². The molecule has 5 nitrogen and oxygen atoms in total. The van der Waals surface area contributed by atoms with Crippen LogP contribution in [0.25, 0.3) is 0 Å². The van der Waals surface area contributed by atoms with Crippen molar-refractivity contribution in [1.82, 2.24) is 5.32 Å². The lowest BCUT2D eigenvalue weighted by molar-refractivity contribution is -0.121. The molecule has 1 N–H and O–H groups in total. The average molecular weight is 282 g/mol. The molecule has 1 aromatic rings. The molecule has 0 saturated heterocycles. The van der Waals surface area contributed by atoms with E-state index in [2.05, 4.69) is 5.32 Å². The third-order valence-corrected chi connectivity index (χ3v) is 3.87. The first kappa shape index (κ1) is 13.9. The Kier molecular flexibility index (Phi) is 4.42. The van der Waals surface area contributed by atoms with Gasteiger partial charge in [-0.05, 0) is 19.1 Å². The van der Waals surface area contributed by atoms with Gasteiger partial charge in [-0.2, -0.15) is 0 Å². The number of carbonyl (C=O) groups excluding carboxylic acids is 1. The van der Waals surface area contributed by atoms with Crippen LogP contribution < -0.4 is 19.1 Å². The predicted molar refractivity (Wildman–Crippen MR) is 77.0 cm³/mol.